The lowest BCUT2D eigenvalue weighted by Gasteiger charge is -2.11. The third-order valence-corrected chi connectivity index (χ3v) is 4.38. The molecule has 7 heteroatoms. The second kappa shape index (κ2) is 10.8. The van der Waals surface area contributed by atoms with E-state index in [0.717, 1.165) is 23.1 Å². The Labute approximate surface area is 170 Å². The second-order valence-corrected chi connectivity index (χ2v) is 6.52. The highest BCUT2D eigenvalue weighted by Gasteiger charge is 2.11. The summed E-state index contributed by atoms with van der Waals surface area (Å²) in [6.45, 7) is 4.91. The fourth-order valence-electron chi connectivity index (χ4n) is 2.46. The summed E-state index contributed by atoms with van der Waals surface area (Å²) >= 11 is 0. The molecule has 0 bridgehead atoms. The molecule has 29 heavy (non-hydrogen) atoms. The molecule has 0 fully saturated rings. The minimum absolute atomic E-state index is 0.218. The smallest absolute Gasteiger partial charge is 0.344 e. The average Bonchev–Trinajstić information content (AvgIpc) is 2.73. The van der Waals surface area contributed by atoms with Gasteiger partial charge in [0, 0.05) is 5.69 Å². The van der Waals surface area contributed by atoms with Crippen LogP contribution in [0.15, 0.2) is 42.5 Å². The molecule has 0 radical (unpaired) electrons. The molecule has 2 aromatic rings. The number of ether oxygens (including phenoxy) is 2. The van der Waals surface area contributed by atoms with Gasteiger partial charge in [0.15, 0.2) is 13.2 Å². The molecule has 0 atom stereocenters. The first-order chi connectivity index (χ1) is 13.9. The first-order valence-electron chi connectivity index (χ1n) is 9.39. The number of amides is 2. The zero-order valence-corrected chi connectivity index (χ0v) is 16.9. The van der Waals surface area contributed by atoms with E-state index in [2.05, 4.69) is 10.6 Å². The number of anilines is 1. The van der Waals surface area contributed by atoms with Crippen LogP contribution in [-0.2, 0) is 25.5 Å². The van der Waals surface area contributed by atoms with Gasteiger partial charge in [-0.2, -0.15) is 0 Å². The summed E-state index contributed by atoms with van der Waals surface area (Å²) in [6.07, 6.45) is 0.917. The van der Waals surface area contributed by atoms with Gasteiger partial charge in [0.2, 0.25) is 5.91 Å². The van der Waals surface area contributed by atoms with E-state index in [1.54, 1.807) is 18.2 Å². The average molecular weight is 398 g/mol. The maximum atomic E-state index is 12.0. The van der Waals surface area contributed by atoms with Crippen LogP contribution < -0.4 is 15.4 Å². The molecule has 0 heterocycles. The summed E-state index contributed by atoms with van der Waals surface area (Å²) < 4.78 is 10.2. The summed E-state index contributed by atoms with van der Waals surface area (Å²) in [5.74, 6) is -1.05. The molecule has 0 spiro atoms. The number of esters is 1. The van der Waals surface area contributed by atoms with E-state index in [1.807, 2.05) is 45.0 Å². The zero-order valence-electron chi connectivity index (χ0n) is 16.9. The number of nitrogens with one attached hydrogen (secondary N) is 2. The largest absolute Gasteiger partial charge is 0.482 e. The van der Waals surface area contributed by atoms with Crippen LogP contribution >= 0.6 is 0 Å². The fourth-order valence-corrected chi connectivity index (χ4v) is 2.46. The van der Waals surface area contributed by atoms with E-state index >= 15 is 0 Å². The van der Waals surface area contributed by atoms with Crippen molar-refractivity contribution in [2.45, 2.75) is 27.2 Å². The van der Waals surface area contributed by atoms with E-state index in [9.17, 15) is 14.4 Å². The molecular weight excluding hydrogens is 372 g/mol. The lowest BCUT2D eigenvalue weighted by atomic mass is 10.1. The summed E-state index contributed by atoms with van der Waals surface area (Å²) in [5, 5.41) is 5.15. The number of aryl methyl sites for hydroxylation is 2. The molecule has 0 saturated heterocycles. The van der Waals surface area contributed by atoms with Crippen molar-refractivity contribution < 1.29 is 23.9 Å². The Morgan fingerprint density at radius 3 is 2.34 bits per heavy atom. The molecule has 7 nitrogen and oxygen atoms in total. The third kappa shape index (κ3) is 7.29. The fraction of sp³-hybridized carbons (Fsp3) is 0.318. The minimum atomic E-state index is -0.667. The minimum Gasteiger partial charge on any atom is -0.482 e. The molecule has 2 aromatic carbocycles. The van der Waals surface area contributed by atoms with Gasteiger partial charge >= 0.3 is 5.97 Å². The molecular formula is C22H26N2O5. The summed E-state index contributed by atoms with van der Waals surface area (Å²) in [5.41, 5.74) is 3.88. The van der Waals surface area contributed by atoms with Crippen LogP contribution in [0.5, 0.6) is 5.75 Å². The molecule has 154 valence electrons. The molecule has 0 saturated carbocycles. The van der Waals surface area contributed by atoms with Crippen LogP contribution in [0.4, 0.5) is 5.69 Å². The summed E-state index contributed by atoms with van der Waals surface area (Å²) in [6, 6.07) is 13.0. The number of benzene rings is 2. The molecule has 0 aliphatic carbocycles. The van der Waals surface area contributed by atoms with Gasteiger partial charge in [-0.15, -0.1) is 0 Å². The third-order valence-electron chi connectivity index (χ3n) is 4.38. The molecule has 0 aliphatic rings. The first-order valence-corrected chi connectivity index (χ1v) is 9.39. The van der Waals surface area contributed by atoms with Crippen molar-refractivity contribution in [3.05, 3.63) is 59.2 Å². The van der Waals surface area contributed by atoms with Gasteiger partial charge in [-0.1, -0.05) is 31.2 Å². The standard InChI is InChI=1S/C22H26N2O5/c1-4-17-8-10-18(11-9-17)28-14-22(27)29-13-21(26)23-12-20(25)24-19-7-5-6-15(2)16(19)3/h5-11H,4,12-14H2,1-3H3,(H,23,26)(H,24,25). The topological polar surface area (TPSA) is 93.7 Å². The molecule has 2 rings (SSSR count). The number of carbonyl (C=O) groups is 3. The molecule has 2 amide bonds. The number of hydrogen-bond donors (Lipinski definition) is 2. The normalized spacial score (nSPS) is 10.2. The van der Waals surface area contributed by atoms with Crippen LogP contribution in [-0.4, -0.2) is 37.5 Å². The van der Waals surface area contributed by atoms with Gasteiger partial charge in [-0.25, -0.2) is 4.79 Å². The van der Waals surface area contributed by atoms with Crippen molar-refractivity contribution in [1.29, 1.82) is 0 Å². The molecule has 0 aliphatic heterocycles. The maximum absolute atomic E-state index is 12.0. The van der Waals surface area contributed by atoms with Gasteiger partial charge in [-0.05, 0) is 55.2 Å². The lowest BCUT2D eigenvalue weighted by molar-refractivity contribution is -0.150. The number of carbonyl (C=O) groups excluding carboxylic acids is 3. The van der Waals surface area contributed by atoms with E-state index in [0.29, 0.717) is 11.4 Å². The Hall–Kier alpha value is -3.35. The highest BCUT2D eigenvalue weighted by molar-refractivity contribution is 5.95. The van der Waals surface area contributed by atoms with Gasteiger partial charge in [-0.3, -0.25) is 9.59 Å². The van der Waals surface area contributed by atoms with E-state index in [1.165, 1.54) is 0 Å². The quantitative estimate of drug-likeness (QED) is 0.633. The van der Waals surface area contributed by atoms with Crippen LogP contribution in [0.3, 0.4) is 0 Å². The van der Waals surface area contributed by atoms with Crippen LogP contribution in [0.1, 0.15) is 23.6 Å². The molecule has 2 N–H and O–H groups in total. The Balaban J connectivity index is 1.66. The highest BCUT2D eigenvalue weighted by atomic mass is 16.6. The predicted octanol–water partition coefficient (Wildman–Crippen LogP) is 2.54. The van der Waals surface area contributed by atoms with E-state index in [4.69, 9.17) is 9.47 Å². The van der Waals surface area contributed by atoms with Gasteiger partial charge < -0.3 is 20.1 Å². The van der Waals surface area contributed by atoms with Crippen LogP contribution in [0.25, 0.3) is 0 Å². The van der Waals surface area contributed by atoms with Crippen molar-refractivity contribution in [3.8, 4) is 5.75 Å². The highest BCUT2D eigenvalue weighted by Crippen LogP contribution is 2.17. The Morgan fingerprint density at radius 2 is 1.66 bits per heavy atom. The SMILES string of the molecule is CCc1ccc(OCC(=O)OCC(=O)NCC(=O)Nc2cccc(C)c2C)cc1. The van der Waals surface area contributed by atoms with Crippen molar-refractivity contribution in [3.63, 3.8) is 0 Å². The molecule has 0 aromatic heterocycles. The van der Waals surface area contributed by atoms with Crippen molar-refractivity contribution in [2.24, 2.45) is 0 Å². The Kier molecular flexibility index (Phi) is 8.21. The van der Waals surface area contributed by atoms with Gasteiger partial charge in [0.05, 0.1) is 6.54 Å². The maximum Gasteiger partial charge on any atom is 0.344 e. The van der Waals surface area contributed by atoms with Crippen molar-refractivity contribution >= 4 is 23.5 Å². The van der Waals surface area contributed by atoms with Gasteiger partial charge in [0.1, 0.15) is 5.75 Å². The van der Waals surface area contributed by atoms with E-state index < -0.39 is 18.5 Å². The van der Waals surface area contributed by atoms with Crippen LogP contribution in [0.2, 0.25) is 0 Å². The monoisotopic (exact) mass is 398 g/mol. The number of hydrogen-bond acceptors (Lipinski definition) is 5. The van der Waals surface area contributed by atoms with E-state index in [-0.39, 0.29) is 19.1 Å². The van der Waals surface area contributed by atoms with Gasteiger partial charge in [0.25, 0.3) is 5.91 Å². The first kappa shape index (κ1) is 21.9. The summed E-state index contributed by atoms with van der Waals surface area (Å²) in [4.78, 5) is 35.4. The predicted molar refractivity (Wildman–Crippen MR) is 110 cm³/mol. The summed E-state index contributed by atoms with van der Waals surface area (Å²) in [7, 11) is 0. The number of rotatable bonds is 9. The second-order valence-electron chi connectivity index (χ2n) is 6.52. The van der Waals surface area contributed by atoms with Crippen molar-refractivity contribution in [1.82, 2.24) is 5.32 Å². The van der Waals surface area contributed by atoms with Crippen LogP contribution in [0, 0.1) is 13.8 Å². The van der Waals surface area contributed by atoms with Crippen molar-refractivity contribution in [2.75, 3.05) is 25.1 Å². The Morgan fingerprint density at radius 1 is 0.931 bits per heavy atom. The lowest BCUT2D eigenvalue weighted by Crippen LogP contribution is -2.36. The Bertz CT molecular complexity index is 862. The molecule has 0 unspecified atom stereocenters. The zero-order chi connectivity index (χ0) is 21.2.